The fourth-order valence-electron chi connectivity index (χ4n) is 2.22. The highest BCUT2D eigenvalue weighted by atomic mass is 19.4. The first-order valence-electron chi connectivity index (χ1n) is 6.70. The molecule has 0 unspecified atom stereocenters. The summed E-state index contributed by atoms with van der Waals surface area (Å²) >= 11 is 0. The van der Waals surface area contributed by atoms with Crippen molar-refractivity contribution in [2.75, 3.05) is 0 Å². The van der Waals surface area contributed by atoms with E-state index < -0.39 is 11.7 Å². The van der Waals surface area contributed by atoms with Gasteiger partial charge in [0.2, 0.25) is 0 Å². The van der Waals surface area contributed by atoms with Crippen LogP contribution in [0.4, 0.5) is 17.6 Å². The van der Waals surface area contributed by atoms with Crippen LogP contribution in [0.25, 0.3) is 22.4 Å². The van der Waals surface area contributed by atoms with Gasteiger partial charge in [0, 0.05) is 11.1 Å². The van der Waals surface area contributed by atoms with E-state index in [2.05, 4.69) is 10.2 Å². The van der Waals surface area contributed by atoms with E-state index in [1.807, 2.05) is 0 Å². The monoisotopic (exact) mass is 318 g/mol. The quantitative estimate of drug-likeness (QED) is 0.624. The summed E-state index contributed by atoms with van der Waals surface area (Å²) in [6.45, 7) is 0. The smallest absolute Gasteiger partial charge is 0.207 e. The van der Waals surface area contributed by atoms with Crippen molar-refractivity contribution in [2.45, 2.75) is 6.18 Å². The lowest BCUT2D eigenvalue weighted by atomic mass is 9.99. The molecular formula is C17H10F4N2. The average Bonchev–Trinajstić information content (AvgIpc) is 2.55. The Bertz CT molecular complexity index is 809. The van der Waals surface area contributed by atoms with Crippen LogP contribution >= 0.6 is 0 Å². The Balaban J connectivity index is 2.05. The number of nitrogens with zero attached hydrogens (tertiary/aromatic N) is 2. The largest absolute Gasteiger partial charge is 0.416 e. The second kappa shape index (κ2) is 5.79. The summed E-state index contributed by atoms with van der Waals surface area (Å²) in [6.07, 6.45) is -2.92. The molecule has 0 aliphatic carbocycles. The number of hydrogen-bond acceptors (Lipinski definition) is 2. The van der Waals surface area contributed by atoms with Gasteiger partial charge in [-0.2, -0.15) is 18.3 Å². The van der Waals surface area contributed by atoms with Gasteiger partial charge in [0.1, 0.15) is 11.5 Å². The topological polar surface area (TPSA) is 25.8 Å². The van der Waals surface area contributed by atoms with Crippen LogP contribution in [0.3, 0.4) is 0 Å². The van der Waals surface area contributed by atoms with Gasteiger partial charge in [-0.05, 0) is 48.0 Å². The molecule has 0 fully saturated rings. The van der Waals surface area contributed by atoms with E-state index in [4.69, 9.17) is 0 Å². The molecule has 116 valence electrons. The van der Waals surface area contributed by atoms with Gasteiger partial charge in [0.25, 0.3) is 0 Å². The molecule has 1 heterocycles. The van der Waals surface area contributed by atoms with E-state index in [9.17, 15) is 17.6 Å². The third kappa shape index (κ3) is 3.21. The SMILES string of the molecule is Fc1ccc(-c2nnccc2-c2ccc(C(F)(F)F)cc2)cc1. The molecule has 0 aliphatic rings. The summed E-state index contributed by atoms with van der Waals surface area (Å²) < 4.78 is 51.0. The lowest BCUT2D eigenvalue weighted by molar-refractivity contribution is -0.137. The average molecular weight is 318 g/mol. The van der Waals surface area contributed by atoms with Gasteiger partial charge in [0.05, 0.1) is 11.8 Å². The van der Waals surface area contributed by atoms with Crippen molar-refractivity contribution in [2.24, 2.45) is 0 Å². The molecule has 1 aromatic heterocycles. The summed E-state index contributed by atoms with van der Waals surface area (Å²) in [7, 11) is 0. The van der Waals surface area contributed by atoms with Crippen molar-refractivity contribution in [3.05, 3.63) is 72.2 Å². The predicted molar refractivity (Wildman–Crippen MR) is 77.9 cm³/mol. The van der Waals surface area contributed by atoms with Crippen molar-refractivity contribution >= 4 is 0 Å². The van der Waals surface area contributed by atoms with Crippen molar-refractivity contribution in [1.82, 2.24) is 10.2 Å². The minimum Gasteiger partial charge on any atom is -0.207 e. The Labute approximate surface area is 129 Å². The first-order valence-corrected chi connectivity index (χ1v) is 6.70. The Morgan fingerprint density at radius 3 is 1.96 bits per heavy atom. The molecule has 0 N–H and O–H groups in total. The molecule has 0 amide bonds. The second-order valence-corrected chi connectivity index (χ2v) is 4.88. The molecule has 0 saturated carbocycles. The van der Waals surface area contributed by atoms with E-state index in [1.165, 1.54) is 30.5 Å². The van der Waals surface area contributed by atoms with Crippen molar-refractivity contribution in [3.8, 4) is 22.4 Å². The standard InChI is InChI=1S/C17H10F4N2/c18-14-7-3-12(4-8-14)16-15(9-10-22-23-16)11-1-5-13(6-2-11)17(19,20)21/h1-10H. The Morgan fingerprint density at radius 1 is 0.739 bits per heavy atom. The molecule has 3 aromatic rings. The summed E-state index contributed by atoms with van der Waals surface area (Å²) in [6, 6.07) is 12.1. The molecule has 0 saturated heterocycles. The van der Waals surface area contributed by atoms with Gasteiger partial charge in [-0.25, -0.2) is 4.39 Å². The lowest BCUT2D eigenvalue weighted by Crippen LogP contribution is -2.04. The van der Waals surface area contributed by atoms with Crippen LogP contribution in [-0.2, 0) is 6.18 Å². The number of alkyl halides is 3. The van der Waals surface area contributed by atoms with Crippen LogP contribution in [0.2, 0.25) is 0 Å². The fraction of sp³-hybridized carbons (Fsp3) is 0.0588. The fourth-order valence-corrected chi connectivity index (χ4v) is 2.22. The van der Waals surface area contributed by atoms with Gasteiger partial charge in [0.15, 0.2) is 0 Å². The van der Waals surface area contributed by atoms with Crippen molar-refractivity contribution in [3.63, 3.8) is 0 Å². The minimum absolute atomic E-state index is 0.381. The molecule has 3 rings (SSSR count). The van der Waals surface area contributed by atoms with Gasteiger partial charge in [-0.15, -0.1) is 5.10 Å². The van der Waals surface area contributed by atoms with Gasteiger partial charge >= 0.3 is 6.18 Å². The zero-order chi connectivity index (χ0) is 16.4. The molecular weight excluding hydrogens is 308 g/mol. The number of halogens is 4. The normalized spacial score (nSPS) is 11.5. The maximum Gasteiger partial charge on any atom is 0.416 e. The Hall–Kier alpha value is -2.76. The minimum atomic E-state index is -4.38. The van der Waals surface area contributed by atoms with Crippen LogP contribution in [0.15, 0.2) is 60.8 Å². The number of rotatable bonds is 2. The van der Waals surface area contributed by atoms with E-state index in [0.29, 0.717) is 22.4 Å². The highest BCUT2D eigenvalue weighted by Gasteiger charge is 2.30. The van der Waals surface area contributed by atoms with E-state index >= 15 is 0 Å². The maximum atomic E-state index is 13.0. The summed E-state index contributed by atoms with van der Waals surface area (Å²) in [5.41, 5.74) is 1.60. The number of benzene rings is 2. The molecule has 0 atom stereocenters. The third-order valence-electron chi connectivity index (χ3n) is 3.36. The van der Waals surface area contributed by atoms with E-state index in [0.717, 1.165) is 12.1 Å². The Morgan fingerprint density at radius 2 is 1.35 bits per heavy atom. The molecule has 6 heteroatoms. The number of aromatic nitrogens is 2. The second-order valence-electron chi connectivity index (χ2n) is 4.88. The molecule has 0 bridgehead atoms. The molecule has 23 heavy (non-hydrogen) atoms. The predicted octanol–water partition coefficient (Wildman–Crippen LogP) is 4.97. The molecule has 2 nitrogen and oxygen atoms in total. The summed E-state index contributed by atoms with van der Waals surface area (Å²) in [5, 5.41) is 7.83. The van der Waals surface area contributed by atoms with Crippen LogP contribution in [-0.4, -0.2) is 10.2 Å². The molecule has 0 aliphatic heterocycles. The summed E-state index contributed by atoms with van der Waals surface area (Å²) in [4.78, 5) is 0. The van der Waals surface area contributed by atoms with Crippen molar-refractivity contribution in [1.29, 1.82) is 0 Å². The molecule has 0 spiro atoms. The van der Waals surface area contributed by atoms with Crippen LogP contribution in [0, 0.1) is 5.82 Å². The van der Waals surface area contributed by atoms with Crippen LogP contribution < -0.4 is 0 Å². The van der Waals surface area contributed by atoms with Gasteiger partial charge < -0.3 is 0 Å². The highest BCUT2D eigenvalue weighted by Crippen LogP contribution is 2.33. The van der Waals surface area contributed by atoms with Gasteiger partial charge in [-0.1, -0.05) is 12.1 Å². The molecule has 0 radical (unpaired) electrons. The summed E-state index contributed by atoms with van der Waals surface area (Å²) in [5.74, 6) is -0.381. The van der Waals surface area contributed by atoms with E-state index in [-0.39, 0.29) is 5.82 Å². The Kier molecular flexibility index (Phi) is 3.82. The van der Waals surface area contributed by atoms with Crippen molar-refractivity contribution < 1.29 is 17.6 Å². The molecule has 2 aromatic carbocycles. The highest BCUT2D eigenvalue weighted by molar-refractivity contribution is 5.80. The first-order chi connectivity index (χ1) is 10.9. The van der Waals surface area contributed by atoms with Crippen LogP contribution in [0.5, 0.6) is 0 Å². The first kappa shape index (κ1) is 15.1. The zero-order valence-corrected chi connectivity index (χ0v) is 11.7. The number of hydrogen-bond donors (Lipinski definition) is 0. The van der Waals surface area contributed by atoms with E-state index in [1.54, 1.807) is 18.2 Å². The third-order valence-corrected chi connectivity index (χ3v) is 3.36. The zero-order valence-electron chi connectivity index (χ0n) is 11.7. The van der Waals surface area contributed by atoms with Crippen LogP contribution in [0.1, 0.15) is 5.56 Å². The lowest BCUT2D eigenvalue weighted by Gasteiger charge is -2.10. The van der Waals surface area contributed by atoms with Gasteiger partial charge in [-0.3, -0.25) is 0 Å². The maximum absolute atomic E-state index is 13.0.